The summed E-state index contributed by atoms with van der Waals surface area (Å²) in [6.45, 7) is 5.33. The molecule has 2 aromatic heterocycles. The van der Waals surface area contributed by atoms with Crippen LogP contribution in [0.3, 0.4) is 0 Å². The molecular formula is C24H32F3N5O5. The first-order chi connectivity index (χ1) is 17.2. The molecule has 2 aliphatic rings. The molecule has 0 aromatic carbocycles. The maximum absolute atomic E-state index is 13.4. The number of halogens is 3. The Morgan fingerprint density at radius 2 is 1.92 bits per heavy atom. The number of carboxylic acid groups (broad SMARTS) is 1. The summed E-state index contributed by atoms with van der Waals surface area (Å²) in [6.07, 6.45) is 0.412. The minimum atomic E-state index is -5.08. The number of aliphatic carboxylic acids is 1. The molecule has 2 saturated heterocycles. The number of amides is 2. The Hall–Kier alpha value is -3.35. The standard InChI is InChI=1S/C22H31N5O3.C2HF3O2/c1-16-6-7-19(30-16)20(28)27-9-5-8-22(21(29)24(2)3)15-26(13-18(22)14-27)12-17-10-23-25(4)11-17;3-2(4,5)1(6)7/h6-7,10-11,18H,5,8-9,12-15H2,1-4H3;(H,6,7)/t18-,22+;/m1./s1. The number of fused-ring (bicyclic) bond motifs is 1. The molecule has 204 valence electrons. The number of carboxylic acids is 1. The molecule has 0 radical (unpaired) electrons. The van der Waals surface area contributed by atoms with Gasteiger partial charge in [0.15, 0.2) is 5.76 Å². The number of rotatable bonds is 4. The van der Waals surface area contributed by atoms with E-state index in [1.165, 1.54) is 0 Å². The Morgan fingerprint density at radius 3 is 2.43 bits per heavy atom. The molecule has 2 atom stereocenters. The predicted molar refractivity (Wildman–Crippen MR) is 125 cm³/mol. The van der Waals surface area contributed by atoms with Crippen molar-refractivity contribution < 1.29 is 37.1 Å². The maximum atomic E-state index is 13.4. The van der Waals surface area contributed by atoms with Crippen LogP contribution in [0.25, 0.3) is 0 Å². The number of aromatic nitrogens is 2. The van der Waals surface area contributed by atoms with Gasteiger partial charge in [-0.2, -0.15) is 18.3 Å². The molecular weight excluding hydrogens is 495 g/mol. The molecule has 0 spiro atoms. The van der Waals surface area contributed by atoms with Crippen LogP contribution < -0.4 is 0 Å². The van der Waals surface area contributed by atoms with Gasteiger partial charge in [0.05, 0.1) is 11.6 Å². The van der Waals surface area contributed by atoms with Gasteiger partial charge in [0.2, 0.25) is 5.91 Å². The maximum Gasteiger partial charge on any atom is 0.490 e. The predicted octanol–water partition coefficient (Wildman–Crippen LogP) is 2.40. The summed E-state index contributed by atoms with van der Waals surface area (Å²) in [5, 5.41) is 11.4. The van der Waals surface area contributed by atoms with E-state index in [9.17, 15) is 22.8 Å². The number of nitrogens with zero attached hydrogens (tertiary/aromatic N) is 5. The largest absolute Gasteiger partial charge is 0.490 e. The van der Waals surface area contributed by atoms with Gasteiger partial charge in [0.25, 0.3) is 5.91 Å². The van der Waals surface area contributed by atoms with E-state index in [0.29, 0.717) is 25.4 Å². The first-order valence-electron chi connectivity index (χ1n) is 11.8. The minimum Gasteiger partial charge on any atom is -0.475 e. The van der Waals surface area contributed by atoms with Gasteiger partial charge >= 0.3 is 12.1 Å². The van der Waals surface area contributed by atoms with Gasteiger partial charge in [-0.1, -0.05) is 0 Å². The van der Waals surface area contributed by atoms with Crippen molar-refractivity contribution in [2.75, 3.05) is 40.3 Å². The molecule has 1 N–H and O–H groups in total. The summed E-state index contributed by atoms with van der Waals surface area (Å²) >= 11 is 0. The van der Waals surface area contributed by atoms with E-state index in [0.717, 1.165) is 37.3 Å². The molecule has 37 heavy (non-hydrogen) atoms. The normalized spacial score (nSPS) is 22.0. The number of likely N-dealkylation sites (tertiary alicyclic amines) is 2. The lowest BCUT2D eigenvalue weighted by Crippen LogP contribution is -2.47. The summed E-state index contributed by atoms with van der Waals surface area (Å²) < 4.78 is 39.1. The Morgan fingerprint density at radius 1 is 1.24 bits per heavy atom. The van der Waals surface area contributed by atoms with Crippen LogP contribution >= 0.6 is 0 Å². The van der Waals surface area contributed by atoms with Crippen LogP contribution in [0.2, 0.25) is 0 Å². The van der Waals surface area contributed by atoms with Crippen molar-refractivity contribution in [3.05, 3.63) is 41.6 Å². The third kappa shape index (κ3) is 6.51. The zero-order chi connectivity index (χ0) is 27.5. The lowest BCUT2D eigenvalue weighted by Gasteiger charge is -2.34. The second-order valence-corrected chi connectivity index (χ2v) is 9.81. The molecule has 13 heteroatoms. The van der Waals surface area contributed by atoms with Crippen molar-refractivity contribution >= 4 is 17.8 Å². The highest BCUT2D eigenvalue weighted by Gasteiger charge is 2.54. The first-order valence-corrected chi connectivity index (χ1v) is 11.8. The monoisotopic (exact) mass is 527 g/mol. The van der Waals surface area contributed by atoms with Gasteiger partial charge in [0.1, 0.15) is 5.76 Å². The van der Waals surface area contributed by atoms with E-state index in [1.54, 1.807) is 15.6 Å². The van der Waals surface area contributed by atoms with Crippen molar-refractivity contribution in [3.8, 4) is 0 Å². The highest BCUT2D eigenvalue weighted by molar-refractivity contribution is 5.92. The number of furan rings is 1. The van der Waals surface area contributed by atoms with Crippen LogP contribution in [0.1, 0.15) is 34.7 Å². The number of aryl methyl sites for hydroxylation is 2. The van der Waals surface area contributed by atoms with Gasteiger partial charge in [-0.05, 0) is 31.9 Å². The van der Waals surface area contributed by atoms with E-state index < -0.39 is 17.6 Å². The van der Waals surface area contributed by atoms with Crippen LogP contribution in [-0.2, 0) is 23.2 Å². The van der Waals surface area contributed by atoms with E-state index in [-0.39, 0.29) is 17.7 Å². The lowest BCUT2D eigenvalue weighted by molar-refractivity contribution is -0.192. The number of alkyl halides is 3. The van der Waals surface area contributed by atoms with E-state index in [2.05, 4.69) is 10.00 Å². The highest BCUT2D eigenvalue weighted by Crippen LogP contribution is 2.44. The summed E-state index contributed by atoms with van der Waals surface area (Å²) in [4.78, 5) is 41.2. The van der Waals surface area contributed by atoms with Gasteiger partial charge in [-0.15, -0.1) is 0 Å². The minimum absolute atomic E-state index is 0.0816. The molecule has 10 nitrogen and oxygen atoms in total. The van der Waals surface area contributed by atoms with Crippen molar-refractivity contribution in [1.29, 1.82) is 0 Å². The van der Waals surface area contributed by atoms with Gasteiger partial charge in [-0.3, -0.25) is 19.2 Å². The topological polar surface area (TPSA) is 112 Å². The molecule has 2 aromatic rings. The van der Waals surface area contributed by atoms with Crippen LogP contribution in [-0.4, -0.2) is 93.8 Å². The number of carbonyl (C=O) groups excluding carboxylic acids is 2. The molecule has 4 rings (SSSR count). The van der Waals surface area contributed by atoms with Crippen molar-refractivity contribution in [3.63, 3.8) is 0 Å². The van der Waals surface area contributed by atoms with Crippen molar-refractivity contribution in [1.82, 2.24) is 24.5 Å². The molecule has 2 amide bonds. The Bertz CT molecular complexity index is 1130. The highest BCUT2D eigenvalue weighted by atomic mass is 19.4. The van der Waals surface area contributed by atoms with Crippen molar-refractivity contribution in [2.45, 2.75) is 32.5 Å². The Kier molecular flexibility index (Phi) is 8.35. The van der Waals surface area contributed by atoms with Gasteiger partial charge in [-0.25, -0.2) is 4.79 Å². The van der Waals surface area contributed by atoms with Gasteiger partial charge < -0.3 is 19.3 Å². The fourth-order valence-corrected chi connectivity index (χ4v) is 5.15. The van der Waals surface area contributed by atoms with Crippen LogP contribution in [0.4, 0.5) is 13.2 Å². The summed E-state index contributed by atoms with van der Waals surface area (Å²) in [5.74, 6) is -1.47. The lowest BCUT2D eigenvalue weighted by atomic mass is 9.74. The fourth-order valence-electron chi connectivity index (χ4n) is 5.15. The molecule has 2 aliphatic heterocycles. The quantitative estimate of drug-likeness (QED) is 0.650. The summed E-state index contributed by atoms with van der Waals surface area (Å²) in [5.41, 5.74) is 0.681. The second kappa shape index (κ2) is 11.0. The molecule has 0 aliphatic carbocycles. The molecule has 2 fully saturated rings. The van der Waals surface area contributed by atoms with Crippen molar-refractivity contribution in [2.24, 2.45) is 18.4 Å². The van der Waals surface area contributed by atoms with E-state index in [1.807, 2.05) is 51.4 Å². The average Bonchev–Trinajstić information content (AvgIpc) is 3.48. The van der Waals surface area contributed by atoms with E-state index >= 15 is 0 Å². The zero-order valence-corrected chi connectivity index (χ0v) is 21.3. The summed E-state index contributed by atoms with van der Waals surface area (Å²) in [6, 6.07) is 3.56. The van der Waals surface area contributed by atoms with Gasteiger partial charge in [0, 0.05) is 71.5 Å². The Labute approximate surface area is 212 Å². The van der Waals surface area contributed by atoms with Crippen LogP contribution in [0.5, 0.6) is 0 Å². The summed E-state index contributed by atoms with van der Waals surface area (Å²) in [7, 11) is 5.57. The molecule has 4 heterocycles. The third-order valence-electron chi connectivity index (χ3n) is 6.74. The molecule has 0 saturated carbocycles. The molecule has 0 unspecified atom stereocenters. The fraction of sp³-hybridized carbons (Fsp3) is 0.583. The first kappa shape index (κ1) is 28.2. The zero-order valence-electron chi connectivity index (χ0n) is 21.3. The number of hydrogen-bond acceptors (Lipinski definition) is 6. The smallest absolute Gasteiger partial charge is 0.475 e. The van der Waals surface area contributed by atoms with Crippen LogP contribution in [0, 0.1) is 18.3 Å². The van der Waals surface area contributed by atoms with E-state index in [4.69, 9.17) is 14.3 Å². The SMILES string of the molecule is Cc1ccc(C(=O)N2CCC[C@]3(C(=O)N(C)C)CN(Cc4cnn(C)c4)C[C@@H]3C2)o1.O=C(O)C(F)(F)F. The average molecular weight is 528 g/mol. The third-order valence-corrected chi connectivity index (χ3v) is 6.74. The molecule has 0 bridgehead atoms. The Balaban J connectivity index is 0.000000479. The number of hydrogen-bond donors (Lipinski definition) is 1. The van der Waals surface area contributed by atoms with Crippen LogP contribution in [0.15, 0.2) is 28.9 Å². The second-order valence-electron chi connectivity index (χ2n) is 9.81. The number of carbonyl (C=O) groups is 3.